The van der Waals surface area contributed by atoms with Crippen molar-refractivity contribution in [3.05, 3.63) is 0 Å². The molecule has 11 heavy (non-hydrogen) atoms. The first-order chi connectivity index (χ1) is 5.00. The van der Waals surface area contributed by atoms with Crippen LogP contribution in [0.4, 0.5) is 0 Å². The van der Waals surface area contributed by atoms with Gasteiger partial charge >= 0.3 is 17.1 Å². The van der Waals surface area contributed by atoms with Gasteiger partial charge in [-0.3, -0.25) is 0 Å². The van der Waals surface area contributed by atoms with Crippen molar-refractivity contribution in [3.8, 4) is 0 Å². The molecule has 1 heteroatoms. The molecule has 0 saturated heterocycles. The third-order valence-electron chi connectivity index (χ3n) is 2.50. The van der Waals surface area contributed by atoms with Gasteiger partial charge in [-0.05, 0) is 0 Å². The van der Waals surface area contributed by atoms with E-state index in [-0.39, 0.29) is 17.1 Å². The quantitative estimate of drug-likeness (QED) is 0.515. The van der Waals surface area contributed by atoms with Gasteiger partial charge in [0.25, 0.3) is 0 Å². The van der Waals surface area contributed by atoms with Crippen molar-refractivity contribution < 1.29 is 17.1 Å². The molecule has 0 aromatic heterocycles. The topological polar surface area (TPSA) is 0 Å². The Morgan fingerprint density at radius 2 is 0.364 bits per heavy atom. The Hall–Kier alpha value is 0.519. The molecule has 0 aromatic rings. The Balaban J connectivity index is 0.000000167. The van der Waals surface area contributed by atoms with Gasteiger partial charge in [-0.1, -0.05) is 64.2 Å². The summed E-state index contributed by atoms with van der Waals surface area (Å²) in [7, 11) is 0. The first kappa shape index (κ1) is 11.5. The van der Waals surface area contributed by atoms with Crippen LogP contribution >= 0.6 is 0 Å². The zero-order chi connectivity index (χ0) is 7.07. The third-order valence-corrected chi connectivity index (χ3v) is 2.50. The molecule has 0 aromatic carbocycles. The van der Waals surface area contributed by atoms with Crippen LogP contribution in [-0.2, 0) is 17.1 Å². The summed E-state index contributed by atoms with van der Waals surface area (Å²) < 4.78 is 0. The van der Waals surface area contributed by atoms with Crippen LogP contribution in [-0.4, -0.2) is 0 Å². The molecule has 0 bridgehead atoms. The minimum Gasteiger partial charge on any atom is -0.0533 e. The average Bonchev–Trinajstić information content (AvgIpc) is 2.67. The first-order valence-corrected chi connectivity index (χ1v) is 5.00. The van der Waals surface area contributed by atoms with Crippen LogP contribution in [0.2, 0.25) is 0 Å². The Morgan fingerprint density at radius 1 is 0.273 bits per heavy atom. The number of hydrogen-bond donors (Lipinski definition) is 0. The maximum atomic E-state index is 1.50. The molecule has 0 radical (unpaired) electrons. The molecule has 0 N–H and O–H groups in total. The summed E-state index contributed by atoms with van der Waals surface area (Å²) in [5.74, 6) is 0. The van der Waals surface area contributed by atoms with Gasteiger partial charge in [-0.2, -0.15) is 0 Å². The molecule has 0 unspecified atom stereocenters. The van der Waals surface area contributed by atoms with Crippen molar-refractivity contribution in [3.63, 3.8) is 0 Å². The van der Waals surface area contributed by atoms with Gasteiger partial charge in [0.2, 0.25) is 0 Å². The zero-order valence-electron chi connectivity index (χ0n) is 7.42. The smallest absolute Gasteiger partial charge is 0.0533 e. The van der Waals surface area contributed by atoms with Crippen molar-refractivity contribution >= 4 is 0 Å². The predicted octanol–water partition coefficient (Wildman–Crippen LogP) is 3.90. The summed E-state index contributed by atoms with van der Waals surface area (Å²) in [6, 6.07) is 0. The van der Waals surface area contributed by atoms with Crippen LogP contribution in [0.25, 0.3) is 0 Å². The fourth-order valence-corrected chi connectivity index (χ4v) is 1.77. The molecule has 66 valence electrons. The second kappa shape index (κ2) is 8.61. The summed E-state index contributed by atoms with van der Waals surface area (Å²) in [5.41, 5.74) is 0. The zero-order valence-corrected chi connectivity index (χ0v) is 8.53. The fraction of sp³-hybridized carbons (Fsp3) is 1.00. The molecule has 0 amide bonds. The van der Waals surface area contributed by atoms with E-state index in [0.717, 1.165) is 0 Å². The van der Waals surface area contributed by atoms with Gasteiger partial charge in [0, 0.05) is 0 Å². The van der Waals surface area contributed by atoms with E-state index < -0.39 is 0 Å². The second-order valence-corrected chi connectivity index (χ2v) is 3.54. The van der Waals surface area contributed by atoms with Gasteiger partial charge in [-0.25, -0.2) is 0 Å². The molecular formula is C10H20Fe+2. The van der Waals surface area contributed by atoms with Crippen LogP contribution in [0, 0.1) is 0 Å². The number of hydrogen-bond acceptors (Lipinski definition) is 0. The summed E-state index contributed by atoms with van der Waals surface area (Å²) in [5, 5.41) is 0. The molecular weight excluding hydrogens is 176 g/mol. The van der Waals surface area contributed by atoms with E-state index in [2.05, 4.69) is 0 Å². The maximum absolute atomic E-state index is 1.50. The van der Waals surface area contributed by atoms with Crippen LogP contribution in [0.3, 0.4) is 0 Å². The van der Waals surface area contributed by atoms with Gasteiger partial charge in [0.1, 0.15) is 0 Å². The number of rotatable bonds is 0. The molecule has 0 heterocycles. The normalized spacial score (nSPS) is 21.8. The van der Waals surface area contributed by atoms with Crippen molar-refractivity contribution in [1.82, 2.24) is 0 Å². The van der Waals surface area contributed by atoms with E-state index in [9.17, 15) is 0 Å². The fourth-order valence-electron chi connectivity index (χ4n) is 1.77. The summed E-state index contributed by atoms with van der Waals surface area (Å²) in [4.78, 5) is 0. The van der Waals surface area contributed by atoms with Gasteiger partial charge in [0.15, 0.2) is 0 Å². The molecule has 2 fully saturated rings. The van der Waals surface area contributed by atoms with Crippen LogP contribution in [0.5, 0.6) is 0 Å². The largest absolute Gasteiger partial charge is 2.00 e. The molecule has 0 aliphatic heterocycles. The van der Waals surface area contributed by atoms with Crippen LogP contribution in [0.15, 0.2) is 0 Å². The molecule has 2 aliphatic rings. The van der Waals surface area contributed by atoms with E-state index in [1.807, 2.05) is 0 Å². The standard InChI is InChI=1S/2C5H10.Fe/c2*1-2-4-5-3-1;/h2*1-5H2;/q;;+2. The third kappa shape index (κ3) is 6.90. The summed E-state index contributed by atoms with van der Waals surface area (Å²) in [6.07, 6.45) is 15.0. The Labute approximate surface area is 81.6 Å². The van der Waals surface area contributed by atoms with Gasteiger partial charge in [0.05, 0.1) is 0 Å². The van der Waals surface area contributed by atoms with Crippen molar-refractivity contribution in [2.24, 2.45) is 0 Å². The summed E-state index contributed by atoms with van der Waals surface area (Å²) >= 11 is 0. The molecule has 2 rings (SSSR count). The van der Waals surface area contributed by atoms with E-state index in [4.69, 9.17) is 0 Å². The molecule has 0 spiro atoms. The summed E-state index contributed by atoms with van der Waals surface area (Å²) in [6.45, 7) is 0. The Bertz CT molecular complexity index is 38.1. The van der Waals surface area contributed by atoms with E-state index in [1.54, 1.807) is 0 Å². The minimum atomic E-state index is 0. The average molecular weight is 196 g/mol. The van der Waals surface area contributed by atoms with Crippen LogP contribution < -0.4 is 0 Å². The Morgan fingerprint density at radius 3 is 0.455 bits per heavy atom. The van der Waals surface area contributed by atoms with Crippen molar-refractivity contribution in [1.29, 1.82) is 0 Å². The maximum Gasteiger partial charge on any atom is 2.00 e. The van der Waals surface area contributed by atoms with Crippen molar-refractivity contribution in [2.45, 2.75) is 64.2 Å². The SMILES string of the molecule is C1CCCC1.C1CCCC1.[Fe+2]. The van der Waals surface area contributed by atoms with Crippen molar-refractivity contribution in [2.75, 3.05) is 0 Å². The molecule has 0 atom stereocenters. The predicted molar refractivity (Wildman–Crippen MR) is 46.2 cm³/mol. The van der Waals surface area contributed by atoms with Gasteiger partial charge in [-0.15, -0.1) is 0 Å². The molecule has 0 nitrogen and oxygen atoms in total. The van der Waals surface area contributed by atoms with E-state index >= 15 is 0 Å². The van der Waals surface area contributed by atoms with Gasteiger partial charge < -0.3 is 0 Å². The van der Waals surface area contributed by atoms with E-state index in [0.29, 0.717) is 0 Å². The monoisotopic (exact) mass is 196 g/mol. The van der Waals surface area contributed by atoms with Crippen LogP contribution in [0.1, 0.15) is 64.2 Å². The first-order valence-electron chi connectivity index (χ1n) is 5.00. The minimum absolute atomic E-state index is 0. The molecule has 2 saturated carbocycles. The Kier molecular flexibility index (Phi) is 9.02. The van der Waals surface area contributed by atoms with E-state index in [1.165, 1.54) is 64.2 Å². The second-order valence-electron chi connectivity index (χ2n) is 3.54. The molecule has 2 aliphatic carbocycles.